The van der Waals surface area contributed by atoms with Gasteiger partial charge in [-0.05, 0) is 37.1 Å². The van der Waals surface area contributed by atoms with Crippen molar-refractivity contribution >= 4 is 40.1 Å². The monoisotopic (exact) mass is 520 g/mol. The van der Waals surface area contributed by atoms with Crippen molar-refractivity contribution in [2.24, 2.45) is 0 Å². The number of nitrogens with one attached hydrogen (secondary N) is 1. The zero-order valence-corrected chi connectivity index (χ0v) is 19.2. The zero-order valence-electron chi connectivity index (χ0n) is 17.0. The molecule has 8 heteroatoms. The summed E-state index contributed by atoms with van der Waals surface area (Å²) < 4.78 is 7.16. The van der Waals surface area contributed by atoms with E-state index in [4.69, 9.17) is 4.74 Å². The Kier molecular flexibility index (Phi) is 7.78. The molecular weight excluding hydrogens is 495 g/mol. The van der Waals surface area contributed by atoms with Gasteiger partial charge < -0.3 is 10.1 Å². The topological polar surface area (TPSA) is 85.6 Å². The van der Waals surface area contributed by atoms with Crippen LogP contribution in [-0.2, 0) is 16.0 Å². The molecule has 0 fully saturated rings. The lowest BCUT2D eigenvalue weighted by molar-refractivity contribution is -0.142. The summed E-state index contributed by atoms with van der Waals surface area (Å²) in [6.45, 7) is 4.76. The van der Waals surface area contributed by atoms with Crippen LogP contribution >= 0.6 is 22.6 Å². The van der Waals surface area contributed by atoms with Crippen LogP contribution in [0, 0.1) is 0 Å². The first-order valence-electron chi connectivity index (χ1n) is 9.92. The van der Waals surface area contributed by atoms with Crippen LogP contribution in [0.5, 0.6) is 0 Å². The van der Waals surface area contributed by atoms with Crippen LogP contribution in [0.4, 0.5) is 0 Å². The summed E-state index contributed by atoms with van der Waals surface area (Å²) in [7, 11) is 0. The molecular formula is C22H25IN4O3. The van der Waals surface area contributed by atoms with Crippen LogP contribution in [-0.4, -0.2) is 43.3 Å². The van der Waals surface area contributed by atoms with Gasteiger partial charge in [0.1, 0.15) is 11.3 Å². The molecule has 0 aliphatic rings. The number of pyridine rings is 2. The number of hydrogen-bond acceptors (Lipinski definition) is 5. The third kappa shape index (κ3) is 5.78. The molecule has 0 aliphatic heterocycles. The highest BCUT2D eigenvalue weighted by molar-refractivity contribution is 14.1. The van der Waals surface area contributed by atoms with Gasteiger partial charge in [0.15, 0.2) is 0 Å². The number of amides is 1. The van der Waals surface area contributed by atoms with Crippen LogP contribution < -0.4 is 5.32 Å². The summed E-state index contributed by atoms with van der Waals surface area (Å²) in [6.07, 6.45) is 6.33. The number of ether oxygens (including phenoxy) is 1. The van der Waals surface area contributed by atoms with Crippen LogP contribution in [0.3, 0.4) is 0 Å². The molecule has 7 nitrogen and oxygen atoms in total. The molecule has 3 heterocycles. The van der Waals surface area contributed by atoms with Crippen LogP contribution in [0.15, 0.2) is 48.9 Å². The number of aromatic nitrogens is 3. The molecule has 1 amide bonds. The Hall–Kier alpha value is -2.49. The highest BCUT2D eigenvalue weighted by Crippen LogP contribution is 2.23. The fourth-order valence-corrected chi connectivity index (χ4v) is 3.96. The van der Waals surface area contributed by atoms with Gasteiger partial charge in [0.25, 0.3) is 5.91 Å². The number of imidazole rings is 1. The van der Waals surface area contributed by atoms with Crippen LogP contribution in [0.1, 0.15) is 47.9 Å². The highest BCUT2D eigenvalue weighted by atomic mass is 127. The van der Waals surface area contributed by atoms with E-state index in [9.17, 15) is 9.59 Å². The number of halogens is 1. The van der Waals surface area contributed by atoms with Gasteiger partial charge in [-0.1, -0.05) is 41.6 Å². The maximum Gasteiger partial charge on any atom is 0.311 e. The quantitative estimate of drug-likeness (QED) is 0.265. The smallest absolute Gasteiger partial charge is 0.311 e. The van der Waals surface area contributed by atoms with Crippen molar-refractivity contribution < 1.29 is 14.3 Å². The van der Waals surface area contributed by atoms with E-state index in [1.54, 1.807) is 35.9 Å². The summed E-state index contributed by atoms with van der Waals surface area (Å²) in [6, 6.07) is 9.30. The number of fused-ring (bicyclic) bond motifs is 1. The Labute approximate surface area is 189 Å². The molecule has 0 saturated carbocycles. The lowest BCUT2D eigenvalue weighted by atomic mass is 9.96. The van der Waals surface area contributed by atoms with E-state index in [1.807, 2.05) is 24.4 Å². The Balaban J connectivity index is 1.75. The third-order valence-corrected chi connectivity index (χ3v) is 5.19. The minimum Gasteiger partial charge on any atom is -0.466 e. The summed E-state index contributed by atoms with van der Waals surface area (Å²) >= 11 is 2.40. The van der Waals surface area contributed by atoms with Crippen molar-refractivity contribution in [3.8, 4) is 0 Å². The number of carbonyl (C=O) groups excluding carboxylic acids is 2. The number of nitrogens with zero attached hydrogens (tertiary/aromatic N) is 3. The lowest BCUT2D eigenvalue weighted by Crippen LogP contribution is -2.30. The van der Waals surface area contributed by atoms with Crippen molar-refractivity contribution in [2.75, 3.05) is 13.2 Å². The molecule has 0 saturated heterocycles. The third-order valence-electron chi connectivity index (χ3n) is 4.68. The predicted molar refractivity (Wildman–Crippen MR) is 123 cm³/mol. The maximum absolute atomic E-state index is 12.9. The first-order chi connectivity index (χ1) is 14.5. The van der Waals surface area contributed by atoms with Gasteiger partial charge in [-0.25, -0.2) is 4.98 Å². The standard InChI is InChI=1S/C22H25IN4O3/c1-3-30-21(28)11-18-14-27-19(7-4-8-20(27)26-18)22(29)25-13-17(10-15(2)23)16-6-5-9-24-12-16/h4-9,12,14-15,17H,3,10-11,13H2,1-2H3,(H,25,29). The van der Waals surface area contributed by atoms with Gasteiger partial charge >= 0.3 is 5.97 Å². The SMILES string of the molecule is CCOC(=O)Cc1cn2c(C(=O)NCC(CC(C)I)c3cccnc3)cccc2n1. The number of rotatable bonds is 9. The average molecular weight is 520 g/mol. The largest absolute Gasteiger partial charge is 0.466 e. The second kappa shape index (κ2) is 10.5. The molecule has 3 aromatic rings. The van der Waals surface area contributed by atoms with Gasteiger partial charge in [0, 0.05) is 35.0 Å². The molecule has 1 N–H and O–H groups in total. The first-order valence-corrected chi connectivity index (χ1v) is 11.2. The molecule has 30 heavy (non-hydrogen) atoms. The van der Waals surface area contributed by atoms with Gasteiger partial charge in [-0.3, -0.25) is 19.0 Å². The van der Waals surface area contributed by atoms with E-state index in [0.717, 1.165) is 12.0 Å². The zero-order chi connectivity index (χ0) is 21.5. The van der Waals surface area contributed by atoms with E-state index in [2.05, 4.69) is 44.8 Å². The minimum absolute atomic E-state index is 0.0766. The number of esters is 1. The van der Waals surface area contributed by atoms with E-state index in [0.29, 0.717) is 34.1 Å². The number of hydrogen-bond donors (Lipinski definition) is 1. The molecule has 3 rings (SSSR count). The van der Waals surface area contributed by atoms with E-state index < -0.39 is 0 Å². The molecule has 158 valence electrons. The molecule has 2 unspecified atom stereocenters. The molecule has 0 aliphatic carbocycles. The van der Waals surface area contributed by atoms with Gasteiger partial charge in [-0.2, -0.15) is 0 Å². The van der Waals surface area contributed by atoms with E-state index in [-0.39, 0.29) is 24.2 Å². The van der Waals surface area contributed by atoms with Crippen molar-refractivity contribution in [2.45, 2.75) is 36.5 Å². The predicted octanol–water partition coefficient (Wildman–Crippen LogP) is 3.56. The Morgan fingerprint density at radius 3 is 2.80 bits per heavy atom. The summed E-state index contributed by atoms with van der Waals surface area (Å²) in [5.41, 5.74) is 2.77. The Morgan fingerprint density at radius 1 is 1.27 bits per heavy atom. The number of alkyl halides is 1. The highest BCUT2D eigenvalue weighted by Gasteiger charge is 2.18. The van der Waals surface area contributed by atoms with E-state index >= 15 is 0 Å². The summed E-state index contributed by atoms with van der Waals surface area (Å²) in [5.74, 6) is -0.342. The van der Waals surface area contributed by atoms with Crippen molar-refractivity contribution in [3.63, 3.8) is 0 Å². The van der Waals surface area contributed by atoms with Gasteiger partial charge in [-0.15, -0.1) is 0 Å². The maximum atomic E-state index is 12.9. The van der Waals surface area contributed by atoms with Crippen LogP contribution in [0.25, 0.3) is 5.65 Å². The molecule has 0 aromatic carbocycles. The van der Waals surface area contributed by atoms with Crippen LogP contribution in [0.2, 0.25) is 0 Å². The second-order valence-corrected chi connectivity index (χ2v) is 9.19. The van der Waals surface area contributed by atoms with Gasteiger partial charge in [0.05, 0.1) is 18.7 Å². The van der Waals surface area contributed by atoms with E-state index in [1.165, 1.54) is 0 Å². The average Bonchev–Trinajstić information content (AvgIpc) is 3.13. The molecule has 0 spiro atoms. The fraction of sp³-hybridized carbons (Fsp3) is 0.364. The van der Waals surface area contributed by atoms with Gasteiger partial charge in [0.2, 0.25) is 0 Å². The van der Waals surface area contributed by atoms with Crippen molar-refractivity contribution in [3.05, 3.63) is 65.9 Å². The normalized spacial score (nSPS) is 13.0. The molecule has 0 bridgehead atoms. The summed E-state index contributed by atoms with van der Waals surface area (Å²) in [4.78, 5) is 33.3. The number of carbonyl (C=O) groups is 2. The fourth-order valence-electron chi connectivity index (χ4n) is 3.34. The first kappa shape index (κ1) is 22.2. The second-order valence-electron chi connectivity index (χ2n) is 7.06. The van der Waals surface area contributed by atoms with Crippen molar-refractivity contribution in [1.29, 1.82) is 0 Å². The minimum atomic E-state index is -0.334. The Morgan fingerprint density at radius 2 is 2.10 bits per heavy atom. The van der Waals surface area contributed by atoms with Crippen molar-refractivity contribution in [1.82, 2.24) is 19.7 Å². The lowest BCUT2D eigenvalue weighted by Gasteiger charge is -2.19. The summed E-state index contributed by atoms with van der Waals surface area (Å²) in [5, 5.41) is 3.06. The molecule has 2 atom stereocenters. The Bertz CT molecular complexity index is 1000. The molecule has 0 radical (unpaired) electrons. The molecule has 3 aromatic heterocycles.